The van der Waals surface area contributed by atoms with Crippen molar-refractivity contribution in [3.63, 3.8) is 0 Å². The summed E-state index contributed by atoms with van der Waals surface area (Å²) in [6, 6.07) is 17.1. The van der Waals surface area contributed by atoms with E-state index in [0.717, 1.165) is 16.0 Å². The van der Waals surface area contributed by atoms with E-state index in [4.69, 9.17) is 16.0 Å². The highest BCUT2D eigenvalue weighted by Crippen LogP contribution is 2.25. The molecule has 0 spiro atoms. The number of benzene rings is 2. The van der Waals surface area contributed by atoms with Crippen molar-refractivity contribution in [1.82, 2.24) is 10.2 Å². The second-order valence-corrected chi connectivity index (χ2v) is 7.44. The first kappa shape index (κ1) is 20.4. The summed E-state index contributed by atoms with van der Waals surface area (Å²) in [5.41, 5.74) is 2.43. The smallest absolute Gasteiger partial charge is 0.329 e. The standard InChI is InChI=1S/C23H18ClN3O4/c1-14-3-2-4-17(11-14)25-21(28)13-27-22(29)19(26-23(27)30)12-18-9-10-20(31-18)15-5-7-16(24)8-6-15/h2-12H,13H2,1H3,(H,25,28)(H,26,30)/b19-12+. The molecule has 31 heavy (non-hydrogen) atoms. The zero-order chi connectivity index (χ0) is 22.0. The summed E-state index contributed by atoms with van der Waals surface area (Å²) in [5.74, 6) is -0.0958. The van der Waals surface area contributed by atoms with Gasteiger partial charge < -0.3 is 15.1 Å². The van der Waals surface area contributed by atoms with Crippen LogP contribution in [0.15, 0.2) is 70.8 Å². The van der Waals surface area contributed by atoms with Gasteiger partial charge in [0, 0.05) is 22.3 Å². The van der Waals surface area contributed by atoms with Crippen LogP contribution in [0.2, 0.25) is 5.02 Å². The van der Waals surface area contributed by atoms with E-state index in [9.17, 15) is 14.4 Å². The Kier molecular flexibility index (Phi) is 5.60. The average molecular weight is 436 g/mol. The second kappa shape index (κ2) is 8.49. The van der Waals surface area contributed by atoms with Crippen molar-refractivity contribution in [1.29, 1.82) is 0 Å². The molecule has 4 rings (SSSR count). The number of furan rings is 1. The first-order valence-corrected chi connectivity index (χ1v) is 9.84. The molecular formula is C23H18ClN3O4. The van der Waals surface area contributed by atoms with Crippen molar-refractivity contribution in [3.05, 3.63) is 82.7 Å². The van der Waals surface area contributed by atoms with Crippen LogP contribution < -0.4 is 10.6 Å². The van der Waals surface area contributed by atoms with Gasteiger partial charge in [-0.1, -0.05) is 23.7 Å². The molecular weight excluding hydrogens is 418 g/mol. The second-order valence-electron chi connectivity index (χ2n) is 7.01. The van der Waals surface area contributed by atoms with Crippen LogP contribution in [0.4, 0.5) is 10.5 Å². The Morgan fingerprint density at radius 2 is 1.90 bits per heavy atom. The topological polar surface area (TPSA) is 91.7 Å². The maximum Gasteiger partial charge on any atom is 0.329 e. The first-order chi connectivity index (χ1) is 14.9. The monoisotopic (exact) mass is 435 g/mol. The molecule has 1 fully saturated rings. The number of anilines is 1. The summed E-state index contributed by atoms with van der Waals surface area (Å²) >= 11 is 5.90. The molecule has 1 aliphatic heterocycles. The zero-order valence-corrected chi connectivity index (χ0v) is 17.3. The Labute approximate surface area is 183 Å². The molecule has 0 atom stereocenters. The molecule has 156 valence electrons. The molecule has 0 bridgehead atoms. The number of hydrogen-bond acceptors (Lipinski definition) is 4. The fourth-order valence-corrected chi connectivity index (χ4v) is 3.25. The van der Waals surface area contributed by atoms with Crippen molar-refractivity contribution in [2.75, 3.05) is 11.9 Å². The molecule has 0 radical (unpaired) electrons. The molecule has 0 unspecified atom stereocenters. The van der Waals surface area contributed by atoms with Crippen molar-refractivity contribution in [2.45, 2.75) is 6.92 Å². The van der Waals surface area contributed by atoms with Crippen LogP contribution in [0.1, 0.15) is 11.3 Å². The predicted octanol–water partition coefficient (Wildman–Crippen LogP) is 4.44. The molecule has 4 amide bonds. The van der Waals surface area contributed by atoms with Gasteiger partial charge in [0.15, 0.2) is 0 Å². The fraction of sp³-hybridized carbons (Fsp3) is 0.0870. The number of carbonyl (C=O) groups excluding carboxylic acids is 3. The molecule has 0 saturated carbocycles. The SMILES string of the molecule is Cc1cccc(NC(=O)CN2C(=O)N/C(=C/c3ccc(-c4ccc(Cl)cc4)o3)C2=O)c1. The third-order valence-corrected chi connectivity index (χ3v) is 4.86. The maximum absolute atomic E-state index is 12.6. The maximum atomic E-state index is 12.6. The molecule has 1 saturated heterocycles. The van der Waals surface area contributed by atoms with Crippen molar-refractivity contribution >= 4 is 41.2 Å². The number of nitrogens with one attached hydrogen (secondary N) is 2. The first-order valence-electron chi connectivity index (χ1n) is 9.46. The average Bonchev–Trinajstić information content (AvgIpc) is 3.29. The van der Waals surface area contributed by atoms with Gasteiger partial charge in [-0.05, 0) is 61.0 Å². The normalized spacial score (nSPS) is 14.8. The van der Waals surface area contributed by atoms with Gasteiger partial charge in [-0.25, -0.2) is 9.69 Å². The quantitative estimate of drug-likeness (QED) is 0.457. The van der Waals surface area contributed by atoms with Crippen LogP contribution >= 0.6 is 11.6 Å². The number of nitrogens with zero attached hydrogens (tertiary/aromatic N) is 1. The molecule has 0 aliphatic carbocycles. The summed E-state index contributed by atoms with van der Waals surface area (Å²) in [4.78, 5) is 38.0. The highest BCUT2D eigenvalue weighted by Gasteiger charge is 2.35. The van der Waals surface area contributed by atoms with Gasteiger partial charge in [-0.2, -0.15) is 0 Å². The Bertz CT molecular complexity index is 1200. The zero-order valence-electron chi connectivity index (χ0n) is 16.5. The number of imide groups is 1. The van der Waals surface area contributed by atoms with Gasteiger partial charge in [-0.15, -0.1) is 0 Å². The summed E-state index contributed by atoms with van der Waals surface area (Å²) in [6.07, 6.45) is 1.43. The van der Waals surface area contributed by atoms with E-state index in [1.165, 1.54) is 6.08 Å². The fourth-order valence-electron chi connectivity index (χ4n) is 3.12. The Hall–Kier alpha value is -3.84. The molecule has 2 N–H and O–H groups in total. The number of hydrogen-bond donors (Lipinski definition) is 2. The highest BCUT2D eigenvalue weighted by atomic mass is 35.5. The molecule has 7 nitrogen and oxygen atoms in total. The van der Waals surface area contributed by atoms with Crippen molar-refractivity contribution in [2.24, 2.45) is 0 Å². The molecule has 3 aromatic rings. The third kappa shape index (κ3) is 4.67. The summed E-state index contributed by atoms with van der Waals surface area (Å²) in [7, 11) is 0. The highest BCUT2D eigenvalue weighted by molar-refractivity contribution is 6.30. The van der Waals surface area contributed by atoms with Crippen LogP contribution in [-0.4, -0.2) is 29.3 Å². The van der Waals surface area contributed by atoms with Crippen LogP contribution in [0, 0.1) is 6.92 Å². The van der Waals surface area contributed by atoms with Crippen LogP contribution in [0.3, 0.4) is 0 Å². The van der Waals surface area contributed by atoms with E-state index in [-0.39, 0.29) is 5.70 Å². The van der Waals surface area contributed by atoms with Crippen molar-refractivity contribution < 1.29 is 18.8 Å². The van der Waals surface area contributed by atoms with Gasteiger partial charge in [0.05, 0.1) is 0 Å². The van der Waals surface area contributed by atoms with Crippen molar-refractivity contribution in [3.8, 4) is 11.3 Å². The predicted molar refractivity (Wildman–Crippen MR) is 117 cm³/mol. The van der Waals surface area contributed by atoms with Crippen LogP contribution in [0.25, 0.3) is 17.4 Å². The Morgan fingerprint density at radius 1 is 1.13 bits per heavy atom. The van der Waals surface area contributed by atoms with Gasteiger partial charge in [0.1, 0.15) is 23.8 Å². The van der Waals surface area contributed by atoms with Gasteiger partial charge in [0.25, 0.3) is 5.91 Å². The lowest BCUT2D eigenvalue weighted by Crippen LogP contribution is -2.38. The lowest BCUT2D eigenvalue weighted by molar-refractivity contribution is -0.127. The molecule has 2 heterocycles. The molecule has 2 aromatic carbocycles. The minimum absolute atomic E-state index is 0.0327. The summed E-state index contributed by atoms with van der Waals surface area (Å²) in [5, 5.41) is 5.77. The molecule has 1 aliphatic rings. The third-order valence-electron chi connectivity index (χ3n) is 4.61. The van der Waals surface area contributed by atoms with E-state index >= 15 is 0 Å². The lowest BCUT2D eigenvalue weighted by Gasteiger charge is -2.12. The van der Waals surface area contributed by atoms with Crippen LogP contribution in [0.5, 0.6) is 0 Å². The number of halogens is 1. The van der Waals surface area contributed by atoms with E-state index in [0.29, 0.717) is 22.2 Å². The summed E-state index contributed by atoms with van der Waals surface area (Å²) < 4.78 is 5.74. The van der Waals surface area contributed by atoms with Gasteiger partial charge in [0.2, 0.25) is 5.91 Å². The van der Waals surface area contributed by atoms with E-state index in [2.05, 4.69) is 10.6 Å². The molecule has 1 aromatic heterocycles. The largest absolute Gasteiger partial charge is 0.457 e. The summed E-state index contributed by atoms with van der Waals surface area (Å²) in [6.45, 7) is 1.50. The van der Waals surface area contributed by atoms with E-state index < -0.39 is 24.4 Å². The van der Waals surface area contributed by atoms with Gasteiger partial charge >= 0.3 is 6.03 Å². The number of amides is 4. The minimum atomic E-state index is -0.667. The number of carbonyl (C=O) groups is 3. The molecule has 8 heteroatoms. The number of rotatable bonds is 5. The Morgan fingerprint density at radius 3 is 2.65 bits per heavy atom. The minimum Gasteiger partial charge on any atom is -0.457 e. The number of urea groups is 1. The lowest BCUT2D eigenvalue weighted by atomic mass is 10.2. The van der Waals surface area contributed by atoms with E-state index in [1.54, 1.807) is 42.5 Å². The number of aryl methyl sites for hydroxylation is 1. The van der Waals surface area contributed by atoms with Crippen LogP contribution in [-0.2, 0) is 9.59 Å². The Balaban J connectivity index is 1.45. The van der Waals surface area contributed by atoms with E-state index in [1.807, 2.05) is 25.1 Å². The van der Waals surface area contributed by atoms with Gasteiger partial charge in [-0.3, -0.25) is 9.59 Å².